The zero-order valence-electron chi connectivity index (χ0n) is 10.4. The Balaban J connectivity index is 2.13. The van der Waals surface area contributed by atoms with E-state index in [-0.39, 0.29) is 10.6 Å². The third-order valence-corrected chi connectivity index (χ3v) is 3.08. The van der Waals surface area contributed by atoms with Crippen LogP contribution in [0.2, 0.25) is 5.02 Å². The minimum absolute atomic E-state index is 0.0445. The summed E-state index contributed by atoms with van der Waals surface area (Å²) in [5, 5.41) is 12.1. The van der Waals surface area contributed by atoms with E-state index in [0.29, 0.717) is 12.4 Å². The molecule has 2 N–H and O–H groups in total. The smallest absolute Gasteiger partial charge is 0.337 e. The molecule has 0 bridgehead atoms. The third kappa shape index (κ3) is 3.23. The number of pyridine rings is 1. The molecule has 0 spiro atoms. The van der Waals surface area contributed by atoms with Gasteiger partial charge in [-0.3, -0.25) is 0 Å². The van der Waals surface area contributed by atoms with Crippen LogP contribution in [0.25, 0.3) is 0 Å². The van der Waals surface area contributed by atoms with Crippen LogP contribution in [0.4, 0.5) is 5.82 Å². The van der Waals surface area contributed by atoms with Gasteiger partial charge in [0.25, 0.3) is 0 Å². The second-order valence-corrected chi connectivity index (χ2v) is 4.54. The van der Waals surface area contributed by atoms with Crippen LogP contribution in [-0.4, -0.2) is 16.1 Å². The second kappa shape index (κ2) is 5.71. The summed E-state index contributed by atoms with van der Waals surface area (Å²) in [5.41, 5.74) is 2.31. The highest BCUT2D eigenvalue weighted by Crippen LogP contribution is 2.23. The predicted octanol–water partition coefficient (Wildman–Crippen LogP) is 3.35. The number of benzene rings is 1. The van der Waals surface area contributed by atoms with Gasteiger partial charge in [-0.05, 0) is 18.6 Å². The lowest BCUT2D eigenvalue weighted by molar-refractivity contribution is 0.0697. The average Bonchev–Trinajstić information content (AvgIpc) is 2.39. The second-order valence-electron chi connectivity index (χ2n) is 4.17. The predicted molar refractivity (Wildman–Crippen MR) is 74.7 cm³/mol. The van der Waals surface area contributed by atoms with Crippen molar-refractivity contribution in [3.05, 3.63) is 58.2 Å². The molecule has 1 aromatic carbocycles. The number of aryl methyl sites for hydroxylation is 1. The first kappa shape index (κ1) is 13.4. The van der Waals surface area contributed by atoms with E-state index in [1.165, 1.54) is 17.8 Å². The van der Waals surface area contributed by atoms with Gasteiger partial charge in [0.05, 0.1) is 10.6 Å². The lowest BCUT2D eigenvalue weighted by Gasteiger charge is -2.09. The Kier molecular flexibility index (Phi) is 4.02. The summed E-state index contributed by atoms with van der Waals surface area (Å²) in [5.74, 6) is -0.687. The summed E-state index contributed by atoms with van der Waals surface area (Å²) in [6.45, 7) is 2.56. The van der Waals surface area contributed by atoms with Gasteiger partial charge in [-0.1, -0.05) is 41.4 Å². The molecule has 4 nitrogen and oxygen atoms in total. The minimum Gasteiger partial charge on any atom is -0.478 e. The van der Waals surface area contributed by atoms with Crippen LogP contribution in [0.15, 0.2) is 36.5 Å². The Morgan fingerprint density at radius 2 is 2.00 bits per heavy atom. The minimum atomic E-state index is -1.06. The zero-order chi connectivity index (χ0) is 13.8. The van der Waals surface area contributed by atoms with E-state index < -0.39 is 5.97 Å². The fourth-order valence-electron chi connectivity index (χ4n) is 1.62. The largest absolute Gasteiger partial charge is 0.478 e. The lowest BCUT2D eigenvalue weighted by atomic mass is 10.1. The Morgan fingerprint density at radius 3 is 2.63 bits per heavy atom. The van der Waals surface area contributed by atoms with E-state index in [9.17, 15) is 4.79 Å². The molecule has 1 heterocycles. The summed E-state index contributed by atoms with van der Waals surface area (Å²) in [6, 6.07) is 9.40. The average molecular weight is 277 g/mol. The summed E-state index contributed by atoms with van der Waals surface area (Å²) in [4.78, 5) is 15.0. The zero-order valence-corrected chi connectivity index (χ0v) is 11.1. The van der Waals surface area contributed by atoms with Crippen LogP contribution in [0.3, 0.4) is 0 Å². The maximum absolute atomic E-state index is 10.9. The molecule has 2 rings (SSSR count). The number of anilines is 1. The number of nitrogens with one attached hydrogen (secondary N) is 1. The third-order valence-electron chi connectivity index (χ3n) is 2.70. The molecule has 0 unspecified atom stereocenters. The van der Waals surface area contributed by atoms with Crippen LogP contribution in [0.1, 0.15) is 21.5 Å². The number of carbonyl (C=O) groups is 1. The fourth-order valence-corrected chi connectivity index (χ4v) is 1.88. The molecule has 0 aliphatic rings. The first-order chi connectivity index (χ1) is 9.08. The van der Waals surface area contributed by atoms with E-state index in [0.717, 1.165) is 5.56 Å². The van der Waals surface area contributed by atoms with Gasteiger partial charge in [0.1, 0.15) is 5.82 Å². The number of halogens is 1. The SMILES string of the molecule is Cc1ccc(CNc2nccc(C(=O)O)c2Cl)cc1. The van der Waals surface area contributed by atoms with Crippen LogP contribution in [-0.2, 0) is 6.54 Å². The molecule has 0 saturated heterocycles. The van der Waals surface area contributed by atoms with Crippen molar-refractivity contribution in [3.63, 3.8) is 0 Å². The first-order valence-electron chi connectivity index (χ1n) is 5.75. The molecule has 5 heteroatoms. The Labute approximate surface area is 116 Å². The van der Waals surface area contributed by atoms with Crippen molar-refractivity contribution in [2.24, 2.45) is 0 Å². The molecule has 0 amide bonds. The highest BCUT2D eigenvalue weighted by atomic mass is 35.5. The van der Waals surface area contributed by atoms with E-state index in [1.54, 1.807) is 0 Å². The van der Waals surface area contributed by atoms with E-state index in [2.05, 4.69) is 10.3 Å². The molecule has 0 saturated carbocycles. The molecule has 0 aliphatic heterocycles. The standard InChI is InChI=1S/C14H13ClN2O2/c1-9-2-4-10(5-3-9)8-17-13-12(15)11(14(18)19)6-7-16-13/h2-7H,8H2,1H3,(H,16,17)(H,18,19). The highest BCUT2D eigenvalue weighted by Gasteiger charge is 2.12. The number of hydrogen-bond acceptors (Lipinski definition) is 3. The fraction of sp³-hybridized carbons (Fsp3) is 0.143. The van der Waals surface area contributed by atoms with Gasteiger partial charge < -0.3 is 10.4 Å². The Hall–Kier alpha value is -2.07. The van der Waals surface area contributed by atoms with Crippen molar-refractivity contribution in [1.82, 2.24) is 4.98 Å². The normalized spacial score (nSPS) is 10.2. The van der Waals surface area contributed by atoms with Crippen LogP contribution >= 0.6 is 11.6 Å². The first-order valence-corrected chi connectivity index (χ1v) is 6.13. The van der Waals surface area contributed by atoms with Gasteiger partial charge >= 0.3 is 5.97 Å². The van der Waals surface area contributed by atoms with Gasteiger partial charge in [-0.2, -0.15) is 0 Å². The van der Waals surface area contributed by atoms with Crippen molar-refractivity contribution in [2.75, 3.05) is 5.32 Å². The molecule has 19 heavy (non-hydrogen) atoms. The summed E-state index contributed by atoms with van der Waals surface area (Å²) in [7, 11) is 0. The summed E-state index contributed by atoms with van der Waals surface area (Å²) >= 11 is 5.99. The van der Waals surface area contributed by atoms with Gasteiger partial charge in [-0.25, -0.2) is 9.78 Å². The van der Waals surface area contributed by atoms with E-state index in [1.807, 2.05) is 31.2 Å². The monoisotopic (exact) mass is 276 g/mol. The number of carboxylic acid groups (broad SMARTS) is 1. The number of rotatable bonds is 4. The van der Waals surface area contributed by atoms with Crippen LogP contribution in [0, 0.1) is 6.92 Å². The van der Waals surface area contributed by atoms with Crippen LogP contribution in [0.5, 0.6) is 0 Å². The summed E-state index contributed by atoms with van der Waals surface area (Å²) in [6.07, 6.45) is 1.42. The Bertz CT molecular complexity index is 597. The number of aromatic nitrogens is 1. The van der Waals surface area contributed by atoms with Crippen molar-refractivity contribution in [1.29, 1.82) is 0 Å². The maximum Gasteiger partial charge on any atom is 0.337 e. The maximum atomic E-state index is 10.9. The molecule has 0 radical (unpaired) electrons. The van der Waals surface area contributed by atoms with Gasteiger partial charge in [0.2, 0.25) is 0 Å². The number of carboxylic acids is 1. The lowest BCUT2D eigenvalue weighted by Crippen LogP contribution is -2.05. The van der Waals surface area contributed by atoms with E-state index >= 15 is 0 Å². The molecule has 0 aliphatic carbocycles. The number of hydrogen-bond donors (Lipinski definition) is 2. The molecular weight excluding hydrogens is 264 g/mol. The van der Waals surface area contributed by atoms with Gasteiger partial charge in [0, 0.05) is 12.7 Å². The van der Waals surface area contributed by atoms with Crippen molar-refractivity contribution in [3.8, 4) is 0 Å². The molecule has 2 aromatic rings. The van der Waals surface area contributed by atoms with Gasteiger partial charge in [-0.15, -0.1) is 0 Å². The Morgan fingerprint density at radius 1 is 1.32 bits per heavy atom. The van der Waals surface area contributed by atoms with Crippen molar-refractivity contribution >= 4 is 23.4 Å². The molecule has 98 valence electrons. The molecular formula is C14H13ClN2O2. The number of aromatic carboxylic acids is 1. The van der Waals surface area contributed by atoms with Crippen molar-refractivity contribution in [2.45, 2.75) is 13.5 Å². The van der Waals surface area contributed by atoms with Gasteiger partial charge in [0.15, 0.2) is 0 Å². The van der Waals surface area contributed by atoms with E-state index in [4.69, 9.17) is 16.7 Å². The highest BCUT2D eigenvalue weighted by molar-refractivity contribution is 6.35. The number of nitrogens with zero attached hydrogens (tertiary/aromatic N) is 1. The van der Waals surface area contributed by atoms with Crippen LogP contribution < -0.4 is 5.32 Å². The van der Waals surface area contributed by atoms with Crippen molar-refractivity contribution < 1.29 is 9.90 Å². The topological polar surface area (TPSA) is 62.2 Å². The quantitative estimate of drug-likeness (QED) is 0.899. The summed E-state index contributed by atoms with van der Waals surface area (Å²) < 4.78 is 0. The molecule has 0 fully saturated rings. The molecule has 0 atom stereocenters. The molecule has 1 aromatic heterocycles.